The molecule has 0 atom stereocenters. The third kappa shape index (κ3) is 10.1. The Balaban J connectivity index is 0.632. The van der Waals surface area contributed by atoms with Crippen molar-refractivity contribution in [1.82, 2.24) is 18.3 Å². The third-order valence-corrected chi connectivity index (χ3v) is 21.7. The first-order valence-corrected chi connectivity index (χ1v) is 35.8. The second-order valence-corrected chi connectivity index (χ2v) is 27.6. The average molecular weight is 1310 g/mol. The molecule has 0 aliphatic carbocycles. The molecule has 0 spiro atoms. The van der Waals surface area contributed by atoms with E-state index >= 15 is 0 Å². The van der Waals surface area contributed by atoms with Crippen LogP contribution in [-0.2, 0) is 13.6 Å². The quantitative estimate of drug-likeness (QED) is 0.116. The molecule has 0 aliphatic heterocycles. The maximum Gasteiger partial charge on any atom is 0.0541 e. The van der Waals surface area contributed by atoms with Crippen molar-refractivity contribution in [2.75, 3.05) is 0 Å². The summed E-state index contributed by atoms with van der Waals surface area (Å²) in [5, 5.41) is 9.98. The van der Waals surface area contributed by atoms with Gasteiger partial charge in [0.1, 0.15) is 0 Å². The van der Waals surface area contributed by atoms with Crippen LogP contribution in [0, 0.1) is 0 Å². The molecule has 0 bridgehead atoms. The number of para-hydroxylation sites is 3. The summed E-state index contributed by atoms with van der Waals surface area (Å²) in [6.45, 7) is 3.13. The zero-order chi connectivity index (χ0) is 68.2. The average Bonchev–Trinajstić information content (AvgIpc) is 1.59. The highest BCUT2D eigenvalue weighted by atomic mass is 15.0. The van der Waals surface area contributed by atoms with Crippen LogP contribution in [0.2, 0.25) is 0 Å². The lowest BCUT2D eigenvalue weighted by Gasteiger charge is -2.15. The highest BCUT2D eigenvalue weighted by molar-refractivity contribution is 6.14. The molecule has 4 heteroatoms. The largest absolute Gasteiger partial charge is 0.344 e. The fraction of sp³-hybridized carbons (Fsp3) is 0.0303. The lowest BCUT2D eigenvalue weighted by Crippen LogP contribution is -1.96. The van der Waals surface area contributed by atoms with Gasteiger partial charge in [0.15, 0.2) is 0 Å². The molecule has 20 aromatic rings. The number of hydrogen-bond acceptors (Lipinski definition) is 0. The third-order valence-electron chi connectivity index (χ3n) is 21.7. The molecule has 103 heavy (non-hydrogen) atoms. The van der Waals surface area contributed by atoms with E-state index in [1.165, 1.54) is 171 Å². The summed E-state index contributed by atoms with van der Waals surface area (Å²) in [7, 11) is 2.16. The van der Waals surface area contributed by atoms with Crippen LogP contribution in [0.15, 0.2) is 364 Å². The van der Waals surface area contributed by atoms with E-state index in [1.54, 1.807) is 0 Å². The van der Waals surface area contributed by atoms with E-state index in [1.807, 2.05) is 0 Å². The lowest BCUT2D eigenvalue weighted by atomic mass is 9.95. The zero-order valence-electron chi connectivity index (χ0n) is 57.1. The van der Waals surface area contributed by atoms with Gasteiger partial charge in [0.2, 0.25) is 0 Å². The number of aryl methyl sites for hydroxylation is 2. The van der Waals surface area contributed by atoms with Crippen LogP contribution in [0.25, 0.3) is 199 Å². The van der Waals surface area contributed by atoms with Gasteiger partial charge in [0.05, 0.1) is 22.1 Å². The molecule has 0 unspecified atom stereocenters. The van der Waals surface area contributed by atoms with Crippen LogP contribution in [0.5, 0.6) is 0 Å². The van der Waals surface area contributed by atoms with E-state index in [0.29, 0.717) is 0 Å². The first-order valence-electron chi connectivity index (χ1n) is 35.8. The van der Waals surface area contributed by atoms with Crippen molar-refractivity contribution in [1.29, 1.82) is 0 Å². The Labute approximate surface area is 597 Å². The van der Waals surface area contributed by atoms with Gasteiger partial charge in [-0.3, -0.25) is 0 Å². The molecule has 0 saturated heterocycles. The molecule has 0 N–H and O–H groups in total. The van der Waals surface area contributed by atoms with Crippen LogP contribution in [0.3, 0.4) is 0 Å². The summed E-state index contributed by atoms with van der Waals surface area (Å²) < 4.78 is 9.67. The van der Waals surface area contributed by atoms with Gasteiger partial charge in [0.25, 0.3) is 0 Å². The minimum atomic E-state index is 0.881. The summed E-state index contributed by atoms with van der Waals surface area (Å²) in [6.07, 6.45) is 0. The van der Waals surface area contributed by atoms with Crippen LogP contribution >= 0.6 is 0 Å². The maximum absolute atomic E-state index is 2.47. The van der Waals surface area contributed by atoms with Crippen molar-refractivity contribution < 1.29 is 0 Å². The molecule has 0 amide bonds. The van der Waals surface area contributed by atoms with Gasteiger partial charge in [-0.15, -0.1) is 0 Å². The van der Waals surface area contributed by atoms with E-state index in [0.717, 1.165) is 34.6 Å². The first-order chi connectivity index (χ1) is 50.9. The molecule has 20 rings (SSSR count). The Morgan fingerprint density at radius 1 is 0.175 bits per heavy atom. The van der Waals surface area contributed by atoms with Crippen LogP contribution in [0.1, 0.15) is 6.92 Å². The van der Waals surface area contributed by atoms with Crippen LogP contribution in [0.4, 0.5) is 0 Å². The van der Waals surface area contributed by atoms with Crippen molar-refractivity contribution >= 4 is 87.2 Å². The lowest BCUT2D eigenvalue weighted by molar-refractivity contribution is 0.827. The summed E-state index contributed by atoms with van der Waals surface area (Å²) in [6, 6.07) is 135. The minimum absolute atomic E-state index is 0.881. The van der Waals surface area contributed by atoms with E-state index in [-0.39, 0.29) is 0 Å². The standard InChI is InChI=1S/C99H68N4/c1-3-101-94-47-42-73(59-90(94)91-63-75(43-48-95(91)101)70-28-19-27-69(51-70)74-41-46-93-87(60-74)84-31-13-16-34-92(84)100(93)2)67-37-39-68(40-38-67)81-54-80(66-25-11-6-12-26-66)57-83(58-81)103-97-36-18-15-33-86(97)89-62-77(45-50-99(89)103)72-30-20-29-71(52-72)76-44-49-98-88(61-76)85-32-14-17-35-96(85)102(98)82-55-78(64-21-7-4-8-22-64)53-79(56-82)65-23-9-5-10-24-65/h4-63H,3H2,1-2H3. The molecule has 0 fully saturated rings. The fourth-order valence-electron chi connectivity index (χ4n) is 16.7. The predicted molar refractivity (Wildman–Crippen MR) is 437 cm³/mol. The van der Waals surface area contributed by atoms with Crippen molar-refractivity contribution in [2.45, 2.75) is 13.5 Å². The molecule has 4 heterocycles. The van der Waals surface area contributed by atoms with Crippen LogP contribution in [-0.4, -0.2) is 18.3 Å². The summed E-state index contributed by atoms with van der Waals surface area (Å²) in [4.78, 5) is 0. The molecule has 4 aromatic heterocycles. The number of aromatic nitrogens is 4. The second kappa shape index (κ2) is 24.3. The molecule has 0 radical (unpaired) electrons. The number of rotatable bonds is 12. The highest BCUT2D eigenvalue weighted by Gasteiger charge is 2.21. The fourth-order valence-corrected chi connectivity index (χ4v) is 16.7. The van der Waals surface area contributed by atoms with Gasteiger partial charge in [-0.1, -0.05) is 237 Å². The van der Waals surface area contributed by atoms with Crippen molar-refractivity contribution in [3.05, 3.63) is 364 Å². The molecule has 484 valence electrons. The van der Waals surface area contributed by atoms with E-state index in [4.69, 9.17) is 0 Å². The first kappa shape index (κ1) is 59.7. The molecule has 0 aliphatic rings. The molecule has 0 saturated carbocycles. The smallest absolute Gasteiger partial charge is 0.0541 e. The normalized spacial score (nSPS) is 11.8. The molecular weight excluding hydrogens is 1250 g/mol. The summed E-state index contributed by atoms with van der Waals surface area (Å²) >= 11 is 0. The molecule has 16 aromatic carbocycles. The van der Waals surface area contributed by atoms with E-state index in [9.17, 15) is 0 Å². The second-order valence-electron chi connectivity index (χ2n) is 27.6. The van der Waals surface area contributed by atoms with Crippen molar-refractivity contribution in [3.8, 4) is 112 Å². The molecular formula is C99H68N4. The number of nitrogens with zero attached hydrogens (tertiary/aromatic N) is 4. The predicted octanol–water partition coefficient (Wildman–Crippen LogP) is 26.7. The minimum Gasteiger partial charge on any atom is -0.344 e. The van der Waals surface area contributed by atoms with Gasteiger partial charge in [-0.2, -0.15) is 0 Å². The maximum atomic E-state index is 2.47. The topological polar surface area (TPSA) is 19.7 Å². The monoisotopic (exact) mass is 1310 g/mol. The number of fused-ring (bicyclic) bond motifs is 12. The van der Waals surface area contributed by atoms with Crippen molar-refractivity contribution in [3.63, 3.8) is 0 Å². The summed E-state index contributed by atoms with van der Waals surface area (Å²) in [5.41, 5.74) is 33.3. The molecule has 4 nitrogen and oxygen atoms in total. The SMILES string of the molecule is CCn1c2ccc(-c3ccc(-c4cc(-c5ccccc5)cc(-n5c6ccccc6c6cc(-c7cccc(-c8ccc9c(c8)c8ccccc8n9-c8cc(-c9ccccc9)cc(-c9ccccc9)c8)c7)ccc65)c4)cc3)cc2c2cc(-c3cccc(-c4ccc5c(c4)c4ccccc4n5C)c3)ccc21. The Bertz CT molecular complexity index is 6700. The Morgan fingerprint density at radius 3 is 0.796 bits per heavy atom. The van der Waals surface area contributed by atoms with E-state index in [2.05, 4.69) is 396 Å². The zero-order valence-corrected chi connectivity index (χ0v) is 57.1. The van der Waals surface area contributed by atoms with Gasteiger partial charge in [0, 0.05) is 90.1 Å². The Hall–Kier alpha value is -13.3. The highest BCUT2D eigenvalue weighted by Crippen LogP contribution is 2.44. The van der Waals surface area contributed by atoms with Crippen LogP contribution < -0.4 is 0 Å². The van der Waals surface area contributed by atoms with E-state index < -0.39 is 0 Å². The Morgan fingerprint density at radius 2 is 0.408 bits per heavy atom. The van der Waals surface area contributed by atoms with Gasteiger partial charge >= 0.3 is 0 Å². The number of hydrogen-bond donors (Lipinski definition) is 0. The number of benzene rings is 16. The Kier molecular flexibility index (Phi) is 14.1. The summed E-state index contributed by atoms with van der Waals surface area (Å²) in [5.74, 6) is 0. The van der Waals surface area contributed by atoms with Gasteiger partial charge < -0.3 is 18.3 Å². The van der Waals surface area contributed by atoms with Crippen molar-refractivity contribution in [2.24, 2.45) is 7.05 Å². The van der Waals surface area contributed by atoms with Gasteiger partial charge in [-0.25, -0.2) is 0 Å². The van der Waals surface area contributed by atoms with Gasteiger partial charge in [-0.05, 0) is 234 Å².